The molecule has 2 nitrogen and oxygen atoms in total. The zero-order valence-corrected chi connectivity index (χ0v) is 12.5. The van der Waals surface area contributed by atoms with Crippen LogP contribution in [0, 0.1) is 5.82 Å². The van der Waals surface area contributed by atoms with Crippen LogP contribution in [0.2, 0.25) is 0 Å². The van der Waals surface area contributed by atoms with E-state index in [0.29, 0.717) is 12.1 Å². The first-order valence-electron chi connectivity index (χ1n) is 6.91. The molecule has 1 fully saturated rings. The number of nitrogens with zero attached hydrogens (tertiary/aromatic N) is 1. The highest BCUT2D eigenvalue weighted by Crippen LogP contribution is 2.27. The predicted octanol–water partition coefficient (Wildman–Crippen LogP) is 3.38. The van der Waals surface area contributed by atoms with Crippen LogP contribution in [-0.2, 0) is 0 Å². The highest BCUT2D eigenvalue weighted by molar-refractivity contribution is 5.85. The quantitative estimate of drug-likeness (QED) is 0.913. The molecule has 0 aromatic heterocycles. The third kappa shape index (κ3) is 4.16. The van der Waals surface area contributed by atoms with Crippen LogP contribution in [-0.4, -0.2) is 31.1 Å². The molecule has 1 aliphatic rings. The van der Waals surface area contributed by atoms with E-state index in [0.717, 1.165) is 19.5 Å². The fourth-order valence-electron chi connectivity index (χ4n) is 2.89. The molecule has 0 saturated carbocycles. The molecule has 1 aliphatic heterocycles. The number of halogens is 2. The number of hydrogen-bond acceptors (Lipinski definition) is 2. The Bertz CT molecular complexity index is 361. The Balaban J connectivity index is 0.00000180. The van der Waals surface area contributed by atoms with Gasteiger partial charge in [0.2, 0.25) is 0 Å². The van der Waals surface area contributed by atoms with Gasteiger partial charge in [0.15, 0.2) is 0 Å². The van der Waals surface area contributed by atoms with Crippen LogP contribution in [0.25, 0.3) is 0 Å². The van der Waals surface area contributed by atoms with Crippen LogP contribution >= 0.6 is 12.4 Å². The predicted molar refractivity (Wildman–Crippen MR) is 80.3 cm³/mol. The molecular formula is C15H24ClFN2. The molecule has 1 unspecified atom stereocenters. The Morgan fingerprint density at radius 2 is 1.84 bits per heavy atom. The van der Waals surface area contributed by atoms with Gasteiger partial charge in [0.05, 0.1) is 0 Å². The van der Waals surface area contributed by atoms with Crippen LogP contribution in [0.4, 0.5) is 4.39 Å². The molecule has 0 amide bonds. The molecule has 1 atom stereocenters. The van der Waals surface area contributed by atoms with Crippen LogP contribution in [0.15, 0.2) is 24.3 Å². The third-order valence-corrected chi connectivity index (χ3v) is 4.02. The Morgan fingerprint density at radius 1 is 1.26 bits per heavy atom. The van der Waals surface area contributed by atoms with Gasteiger partial charge in [-0.25, -0.2) is 4.39 Å². The maximum atomic E-state index is 13.0. The molecule has 0 aliphatic carbocycles. The van der Waals surface area contributed by atoms with Crippen molar-refractivity contribution in [3.63, 3.8) is 0 Å². The zero-order chi connectivity index (χ0) is 13.0. The van der Waals surface area contributed by atoms with Gasteiger partial charge in [0.25, 0.3) is 0 Å². The molecular weight excluding hydrogens is 263 g/mol. The normalized spacial score (nSPS) is 18.9. The molecule has 0 bridgehead atoms. The largest absolute Gasteiger partial charge is 0.317 e. The Kier molecular flexibility index (Phi) is 6.76. The second kappa shape index (κ2) is 7.83. The summed E-state index contributed by atoms with van der Waals surface area (Å²) in [5.41, 5.74) is 1.24. The van der Waals surface area contributed by atoms with Gasteiger partial charge in [-0.1, -0.05) is 19.1 Å². The molecule has 2 rings (SSSR count). The molecule has 0 radical (unpaired) electrons. The number of hydrogen-bond donors (Lipinski definition) is 1. The Hall–Kier alpha value is -0.640. The van der Waals surface area contributed by atoms with Crippen molar-refractivity contribution in [1.82, 2.24) is 10.2 Å². The standard InChI is InChI=1S/C15H23FN2.ClH/c1-3-15(12-4-6-13(16)7-5-12)18-10-8-14(17-2)9-11-18;/h4-7,14-15,17H,3,8-11H2,1-2H3;1H. The van der Waals surface area contributed by atoms with Crippen molar-refractivity contribution >= 4 is 12.4 Å². The van der Waals surface area contributed by atoms with Gasteiger partial charge in [0.1, 0.15) is 5.82 Å². The highest BCUT2D eigenvalue weighted by Gasteiger charge is 2.24. The van der Waals surface area contributed by atoms with Gasteiger partial charge in [-0.3, -0.25) is 4.90 Å². The maximum Gasteiger partial charge on any atom is 0.123 e. The molecule has 108 valence electrons. The summed E-state index contributed by atoms with van der Waals surface area (Å²) in [6.07, 6.45) is 3.48. The number of likely N-dealkylation sites (tertiary alicyclic amines) is 1. The van der Waals surface area contributed by atoms with Crippen molar-refractivity contribution in [2.45, 2.75) is 38.3 Å². The van der Waals surface area contributed by atoms with E-state index in [1.807, 2.05) is 19.2 Å². The lowest BCUT2D eigenvalue weighted by Crippen LogP contribution is -2.42. The molecule has 0 spiro atoms. The number of nitrogens with one attached hydrogen (secondary N) is 1. The number of piperidine rings is 1. The third-order valence-electron chi connectivity index (χ3n) is 4.02. The van der Waals surface area contributed by atoms with Crippen molar-refractivity contribution < 1.29 is 4.39 Å². The van der Waals surface area contributed by atoms with E-state index in [9.17, 15) is 4.39 Å². The number of rotatable bonds is 4. The average Bonchev–Trinajstić information content (AvgIpc) is 2.42. The van der Waals surface area contributed by atoms with E-state index in [-0.39, 0.29) is 18.2 Å². The summed E-state index contributed by atoms with van der Waals surface area (Å²) in [5.74, 6) is -0.150. The molecule has 1 aromatic carbocycles. The Labute approximate surface area is 121 Å². The van der Waals surface area contributed by atoms with E-state index in [4.69, 9.17) is 0 Å². The lowest BCUT2D eigenvalue weighted by atomic mass is 9.98. The summed E-state index contributed by atoms with van der Waals surface area (Å²) in [6.45, 7) is 4.46. The van der Waals surface area contributed by atoms with Crippen LogP contribution in [0.1, 0.15) is 37.8 Å². The van der Waals surface area contributed by atoms with Gasteiger partial charge >= 0.3 is 0 Å². The first kappa shape index (κ1) is 16.4. The van der Waals surface area contributed by atoms with Crippen molar-refractivity contribution in [2.24, 2.45) is 0 Å². The second-order valence-corrected chi connectivity index (χ2v) is 5.07. The fraction of sp³-hybridized carbons (Fsp3) is 0.600. The van der Waals surface area contributed by atoms with Crippen LogP contribution < -0.4 is 5.32 Å². The molecule has 1 N–H and O–H groups in total. The van der Waals surface area contributed by atoms with Crippen molar-refractivity contribution in [3.05, 3.63) is 35.6 Å². The van der Waals surface area contributed by atoms with Gasteiger partial charge in [0, 0.05) is 25.2 Å². The lowest BCUT2D eigenvalue weighted by Gasteiger charge is -2.37. The van der Waals surface area contributed by atoms with Crippen molar-refractivity contribution in [2.75, 3.05) is 20.1 Å². The summed E-state index contributed by atoms with van der Waals surface area (Å²) in [7, 11) is 2.04. The molecule has 1 saturated heterocycles. The van der Waals surface area contributed by atoms with Crippen LogP contribution in [0.3, 0.4) is 0 Å². The van der Waals surface area contributed by atoms with E-state index >= 15 is 0 Å². The van der Waals surface area contributed by atoms with Gasteiger partial charge in [-0.2, -0.15) is 0 Å². The molecule has 1 heterocycles. The summed E-state index contributed by atoms with van der Waals surface area (Å²) < 4.78 is 13.0. The first-order valence-corrected chi connectivity index (χ1v) is 6.91. The molecule has 4 heteroatoms. The van der Waals surface area contributed by atoms with Crippen molar-refractivity contribution in [1.29, 1.82) is 0 Å². The monoisotopic (exact) mass is 286 g/mol. The second-order valence-electron chi connectivity index (χ2n) is 5.07. The zero-order valence-electron chi connectivity index (χ0n) is 11.7. The van der Waals surface area contributed by atoms with Gasteiger partial charge < -0.3 is 5.32 Å². The van der Waals surface area contributed by atoms with Crippen LogP contribution in [0.5, 0.6) is 0 Å². The van der Waals surface area contributed by atoms with E-state index in [1.165, 1.54) is 18.4 Å². The summed E-state index contributed by atoms with van der Waals surface area (Å²) in [6, 6.07) is 8.08. The first-order chi connectivity index (χ1) is 8.74. The van der Waals surface area contributed by atoms with E-state index < -0.39 is 0 Å². The summed E-state index contributed by atoms with van der Waals surface area (Å²) in [4.78, 5) is 2.53. The van der Waals surface area contributed by atoms with Gasteiger partial charge in [-0.15, -0.1) is 12.4 Å². The fourth-order valence-corrected chi connectivity index (χ4v) is 2.89. The van der Waals surface area contributed by atoms with E-state index in [2.05, 4.69) is 17.1 Å². The highest BCUT2D eigenvalue weighted by atomic mass is 35.5. The minimum absolute atomic E-state index is 0. The summed E-state index contributed by atoms with van der Waals surface area (Å²) in [5, 5.41) is 3.35. The molecule has 1 aromatic rings. The summed E-state index contributed by atoms with van der Waals surface area (Å²) >= 11 is 0. The maximum absolute atomic E-state index is 13.0. The lowest BCUT2D eigenvalue weighted by molar-refractivity contribution is 0.142. The minimum Gasteiger partial charge on any atom is -0.317 e. The topological polar surface area (TPSA) is 15.3 Å². The van der Waals surface area contributed by atoms with Crippen molar-refractivity contribution in [3.8, 4) is 0 Å². The molecule has 19 heavy (non-hydrogen) atoms. The van der Waals surface area contributed by atoms with E-state index in [1.54, 1.807) is 12.1 Å². The minimum atomic E-state index is -0.150. The number of benzene rings is 1. The average molecular weight is 287 g/mol. The Morgan fingerprint density at radius 3 is 2.32 bits per heavy atom. The SMILES string of the molecule is CCC(c1ccc(F)cc1)N1CCC(NC)CC1.Cl. The van der Waals surface area contributed by atoms with Gasteiger partial charge in [-0.05, 0) is 44.0 Å². The smallest absolute Gasteiger partial charge is 0.123 e.